The maximum atomic E-state index is 14.6. The Kier molecular flexibility index (Phi) is 10.0. The number of amides is 2. The van der Waals surface area contributed by atoms with Crippen molar-refractivity contribution in [3.63, 3.8) is 0 Å². The molecule has 2 fully saturated rings. The van der Waals surface area contributed by atoms with E-state index in [4.69, 9.17) is 19.2 Å². The Morgan fingerprint density at radius 3 is 2.56 bits per heavy atom. The number of rotatable bonds is 8. The van der Waals surface area contributed by atoms with Crippen molar-refractivity contribution in [1.29, 1.82) is 0 Å². The topological polar surface area (TPSA) is 139 Å². The highest BCUT2D eigenvalue weighted by molar-refractivity contribution is 5.96. The van der Waals surface area contributed by atoms with Crippen LogP contribution in [0.4, 0.5) is 5.69 Å². The van der Waals surface area contributed by atoms with E-state index in [9.17, 15) is 19.5 Å². The van der Waals surface area contributed by atoms with Crippen LogP contribution in [0.15, 0.2) is 91.0 Å². The molecule has 0 radical (unpaired) electrons. The molecule has 52 heavy (non-hydrogen) atoms. The van der Waals surface area contributed by atoms with Crippen molar-refractivity contribution in [2.24, 2.45) is 5.92 Å². The lowest BCUT2D eigenvalue weighted by molar-refractivity contribution is -0.145. The number of benzene rings is 3. The zero-order valence-corrected chi connectivity index (χ0v) is 29.4. The molecule has 1 aliphatic carbocycles. The summed E-state index contributed by atoms with van der Waals surface area (Å²) in [5, 5.41) is 17.3. The number of methoxy groups -OCH3 is 2. The first-order valence-corrected chi connectivity index (χ1v) is 17.9. The summed E-state index contributed by atoms with van der Waals surface area (Å²) in [6, 6.07) is 23.1. The predicted octanol–water partition coefficient (Wildman–Crippen LogP) is 6.23. The van der Waals surface area contributed by atoms with E-state index in [1.54, 1.807) is 19.1 Å². The number of aromatic nitrogens is 1. The van der Waals surface area contributed by atoms with Gasteiger partial charge < -0.3 is 34.9 Å². The van der Waals surface area contributed by atoms with Gasteiger partial charge >= 0.3 is 5.97 Å². The van der Waals surface area contributed by atoms with Crippen molar-refractivity contribution in [3.05, 3.63) is 91.0 Å². The molecule has 2 amide bonds. The third kappa shape index (κ3) is 7.26. The molecule has 1 aromatic heterocycles. The number of carboxylic acids is 1. The Bertz CT molecular complexity index is 1980. The number of nitrogens with one attached hydrogen (secondary N) is 2. The standard InChI is InChI=1S/C41H44N4O7/c1-50-29-16-11-15-28(20-29)42-33-17-10-5-3-4-9-14-27-24-41(27,40(48)49)44-38(46)36-22-31(25-45(36)39(33)47)52-37-23-34(26-12-7-6-8-13-26)43-35-21-30(51-2)18-19-32(35)37/h6-9,11-16,18-21,23,27,31,33,36,42H,3-5,10,17,22,24-25H2,1-2H3,(H,44,46)(H,48,49)/t27-,31-,33+,36+,41-/m1/s1. The summed E-state index contributed by atoms with van der Waals surface area (Å²) in [6.07, 6.45) is 7.81. The highest BCUT2D eigenvalue weighted by Crippen LogP contribution is 2.45. The van der Waals surface area contributed by atoms with Crippen LogP contribution in [0.1, 0.15) is 44.9 Å². The monoisotopic (exact) mass is 704 g/mol. The van der Waals surface area contributed by atoms with Crippen LogP contribution in [-0.2, 0) is 14.4 Å². The van der Waals surface area contributed by atoms with E-state index in [1.165, 1.54) is 0 Å². The van der Waals surface area contributed by atoms with Gasteiger partial charge in [0.2, 0.25) is 11.8 Å². The fourth-order valence-electron chi connectivity index (χ4n) is 7.40. The van der Waals surface area contributed by atoms with Crippen LogP contribution in [0.3, 0.4) is 0 Å². The van der Waals surface area contributed by atoms with Crippen LogP contribution in [0.2, 0.25) is 0 Å². The van der Waals surface area contributed by atoms with Crippen molar-refractivity contribution in [1.82, 2.24) is 15.2 Å². The quantitative estimate of drug-likeness (QED) is 0.182. The second-order valence-corrected chi connectivity index (χ2v) is 13.8. The van der Waals surface area contributed by atoms with Gasteiger partial charge in [-0.15, -0.1) is 0 Å². The molecule has 3 aliphatic rings. The number of hydrogen-bond donors (Lipinski definition) is 3. The molecule has 2 aliphatic heterocycles. The Morgan fingerprint density at radius 2 is 1.77 bits per heavy atom. The van der Waals surface area contributed by atoms with Gasteiger partial charge in [-0.2, -0.15) is 0 Å². The average Bonchev–Trinajstić information content (AvgIpc) is 3.70. The first-order chi connectivity index (χ1) is 25.3. The Hall–Kier alpha value is -5.58. The number of carboxylic acid groups (broad SMARTS) is 1. The highest BCUT2D eigenvalue weighted by atomic mass is 16.5. The van der Waals surface area contributed by atoms with Crippen molar-refractivity contribution >= 4 is 34.4 Å². The smallest absolute Gasteiger partial charge is 0.330 e. The lowest BCUT2D eigenvalue weighted by atomic mass is 10.0. The normalized spacial score (nSPS) is 24.8. The minimum atomic E-state index is -1.40. The maximum absolute atomic E-state index is 14.6. The van der Waals surface area contributed by atoms with Gasteiger partial charge in [0, 0.05) is 47.2 Å². The minimum absolute atomic E-state index is 0.136. The summed E-state index contributed by atoms with van der Waals surface area (Å²) >= 11 is 0. The lowest BCUT2D eigenvalue weighted by Crippen LogP contribution is -2.55. The van der Waals surface area contributed by atoms with Gasteiger partial charge in [-0.05, 0) is 49.9 Å². The Balaban J connectivity index is 1.23. The molecule has 3 aromatic carbocycles. The molecule has 11 nitrogen and oxygen atoms in total. The SMILES string of the molecule is COc1cccc(N[C@H]2CCCCCC=C[C@@H]3C[C@@]3(C(=O)O)NC(=O)[C@@H]3C[C@@H](Oc4cc(-c5ccccc5)nc5cc(OC)ccc45)CN3C2=O)c1. The van der Waals surface area contributed by atoms with E-state index in [1.807, 2.05) is 91.0 Å². The van der Waals surface area contributed by atoms with Crippen molar-refractivity contribution in [2.45, 2.75) is 68.7 Å². The van der Waals surface area contributed by atoms with Gasteiger partial charge in [0.1, 0.15) is 41.0 Å². The molecule has 4 aromatic rings. The van der Waals surface area contributed by atoms with E-state index in [-0.39, 0.29) is 24.8 Å². The minimum Gasteiger partial charge on any atom is -0.497 e. The zero-order valence-electron chi connectivity index (χ0n) is 29.4. The third-order valence-corrected chi connectivity index (χ3v) is 10.4. The molecule has 1 saturated carbocycles. The van der Waals surface area contributed by atoms with Crippen molar-refractivity contribution in [2.75, 3.05) is 26.1 Å². The maximum Gasteiger partial charge on any atom is 0.330 e. The van der Waals surface area contributed by atoms with E-state index < -0.39 is 35.6 Å². The molecule has 11 heteroatoms. The van der Waals surface area contributed by atoms with E-state index >= 15 is 0 Å². The molecule has 0 bridgehead atoms. The molecule has 7 rings (SSSR count). The van der Waals surface area contributed by atoms with E-state index in [0.29, 0.717) is 41.3 Å². The number of fused-ring (bicyclic) bond motifs is 3. The third-order valence-electron chi connectivity index (χ3n) is 10.4. The Morgan fingerprint density at radius 1 is 0.962 bits per heavy atom. The molecule has 3 heterocycles. The van der Waals surface area contributed by atoms with E-state index in [0.717, 1.165) is 42.3 Å². The van der Waals surface area contributed by atoms with Crippen LogP contribution >= 0.6 is 0 Å². The van der Waals surface area contributed by atoms with Crippen molar-refractivity contribution in [3.8, 4) is 28.5 Å². The fraction of sp³-hybridized carbons (Fsp3) is 0.366. The first-order valence-electron chi connectivity index (χ1n) is 17.9. The number of carbonyl (C=O) groups excluding carboxylic acids is 2. The van der Waals surface area contributed by atoms with Gasteiger partial charge in [-0.1, -0.05) is 61.4 Å². The zero-order chi connectivity index (χ0) is 36.2. The number of allylic oxidation sites excluding steroid dienone is 1. The number of hydrogen-bond acceptors (Lipinski definition) is 8. The van der Waals surface area contributed by atoms with Crippen LogP contribution < -0.4 is 24.8 Å². The van der Waals surface area contributed by atoms with Gasteiger partial charge in [0.25, 0.3) is 0 Å². The molecule has 0 spiro atoms. The molecular formula is C41H44N4O7. The highest BCUT2D eigenvalue weighted by Gasteiger charge is 2.61. The number of pyridine rings is 1. The number of carbonyl (C=O) groups is 3. The predicted molar refractivity (Wildman–Crippen MR) is 198 cm³/mol. The fourth-order valence-corrected chi connectivity index (χ4v) is 7.40. The van der Waals surface area contributed by atoms with Gasteiger partial charge in [0.05, 0.1) is 32.0 Å². The van der Waals surface area contributed by atoms with Gasteiger partial charge in [-0.25, -0.2) is 9.78 Å². The summed E-state index contributed by atoms with van der Waals surface area (Å²) in [4.78, 5) is 47.9. The van der Waals surface area contributed by atoms with Crippen LogP contribution in [0.5, 0.6) is 17.2 Å². The molecule has 1 saturated heterocycles. The first kappa shape index (κ1) is 34.9. The summed E-state index contributed by atoms with van der Waals surface area (Å²) in [5.74, 6) is -0.254. The molecular weight excluding hydrogens is 660 g/mol. The van der Waals surface area contributed by atoms with Gasteiger partial charge in [-0.3, -0.25) is 9.59 Å². The second kappa shape index (κ2) is 15.0. The van der Waals surface area contributed by atoms with Gasteiger partial charge in [0.15, 0.2) is 0 Å². The number of nitrogens with zero attached hydrogens (tertiary/aromatic N) is 2. The molecule has 270 valence electrons. The second-order valence-electron chi connectivity index (χ2n) is 13.8. The average molecular weight is 705 g/mol. The summed E-state index contributed by atoms with van der Waals surface area (Å²) in [6.45, 7) is 0.136. The van der Waals surface area contributed by atoms with E-state index in [2.05, 4.69) is 10.6 Å². The number of ether oxygens (including phenoxy) is 3. The molecule has 3 N–H and O–H groups in total. The summed E-state index contributed by atoms with van der Waals surface area (Å²) in [5.41, 5.74) is 1.62. The summed E-state index contributed by atoms with van der Waals surface area (Å²) in [7, 11) is 3.20. The Labute approximate surface area is 303 Å². The number of aliphatic carboxylic acids is 1. The largest absolute Gasteiger partial charge is 0.497 e. The molecule has 0 unspecified atom stereocenters. The van der Waals surface area contributed by atoms with Crippen molar-refractivity contribution < 1.29 is 33.7 Å². The lowest BCUT2D eigenvalue weighted by Gasteiger charge is -2.30. The van der Waals surface area contributed by atoms with Crippen LogP contribution in [-0.4, -0.2) is 77.3 Å². The molecule has 5 atom stereocenters. The van der Waals surface area contributed by atoms with Crippen LogP contribution in [0, 0.1) is 5.92 Å². The summed E-state index contributed by atoms with van der Waals surface area (Å²) < 4.78 is 17.7. The number of anilines is 1. The van der Waals surface area contributed by atoms with Crippen LogP contribution in [0.25, 0.3) is 22.2 Å².